The molecule has 3 heteroatoms. The Hall–Kier alpha value is -2.16. The maximum Gasteiger partial charge on any atom is 0.121 e. The summed E-state index contributed by atoms with van der Waals surface area (Å²) < 4.78 is 5.29. The molecule has 0 heterocycles. The van der Waals surface area contributed by atoms with Gasteiger partial charge in [0.15, 0.2) is 0 Å². The van der Waals surface area contributed by atoms with Crippen LogP contribution in [0.5, 0.6) is 5.75 Å². The molecule has 0 saturated carbocycles. The SMILES string of the molecule is COc1ccc(CNc2ccc(C)c(N(C)C)c2)cc1C. The van der Waals surface area contributed by atoms with Gasteiger partial charge in [-0.15, -0.1) is 0 Å². The summed E-state index contributed by atoms with van der Waals surface area (Å²) >= 11 is 0. The van der Waals surface area contributed by atoms with Crippen LogP contribution >= 0.6 is 0 Å². The molecule has 0 radical (unpaired) electrons. The number of aryl methyl sites for hydroxylation is 2. The molecule has 0 amide bonds. The molecule has 0 saturated heterocycles. The lowest BCUT2D eigenvalue weighted by Crippen LogP contribution is -2.11. The summed E-state index contributed by atoms with van der Waals surface area (Å²) in [7, 11) is 5.84. The van der Waals surface area contributed by atoms with Gasteiger partial charge in [0.05, 0.1) is 7.11 Å². The lowest BCUT2D eigenvalue weighted by molar-refractivity contribution is 0.411. The second-order valence-electron chi connectivity index (χ2n) is 5.55. The molecule has 3 nitrogen and oxygen atoms in total. The van der Waals surface area contributed by atoms with Gasteiger partial charge in [0.25, 0.3) is 0 Å². The van der Waals surface area contributed by atoms with E-state index in [0.29, 0.717) is 0 Å². The van der Waals surface area contributed by atoms with Crippen LogP contribution in [-0.2, 0) is 6.54 Å². The van der Waals surface area contributed by atoms with Crippen molar-refractivity contribution in [3.63, 3.8) is 0 Å². The predicted molar refractivity (Wildman–Crippen MR) is 90.6 cm³/mol. The molecule has 0 bridgehead atoms. The van der Waals surface area contributed by atoms with Gasteiger partial charge in [-0.2, -0.15) is 0 Å². The number of hydrogen-bond acceptors (Lipinski definition) is 3. The van der Waals surface area contributed by atoms with Crippen LogP contribution in [0.15, 0.2) is 36.4 Å². The van der Waals surface area contributed by atoms with Crippen molar-refractivity contribution < 1.29 is 4.74 Å². The van der Waals surface area contributed by atoms with Crippen LogP contribution in [0.3, 0.4) is 0 Å². The van der Waals surface area contributed by atoms with Crippen molar-refractivity contribution >= 4 is 11.4 Å². The highest BCUT2D eigenvalue weighted by Gasteiger charge is 2.03. The first-order chi connectivity index (χ1) is 10.0. The van der Waals surface area contributed by atoms with E-state index in [1.54, 1.807) is 7.11 Å². The summed E-state index contributed by atoms with van der Waals surface area (Å²) in [5, 5.41) is 3.48. The Morgan fingerprint density at radius 1 is 1.00 bits per heavy atom. The van der Waals surface area contributed by atoms with E-state index >= 15 is 0 Å². The summed E-state index contributed by atoms with van der Waals surface area (Å²) in [4.78, 5) is 2.14. The number of anilines is 2. The molecule has 0 unspecified atom stereocenters. The van der Waals surface area contributed by atoms with Crippen LogP contribution in [-0.4, -0.2) is 21.2 Å². The zero-order valence-electron chi connectivity index (χ0n) is 13.5. The summed E-state index contributed by atoms with van der Waals surface area (Å²) in [6.45, 7) is 5.01. The Morgan fingerprint density at radius 2 is 1.76 bits per heavy atom. The van der Waals surface area contributed by atoms with E-state index in [1.165, 1.54) is 16.8 Å². The molecule has 1 N–H and O–H groups in total. The van der Waals surface area contributed by atoms with E-state index in [4.69, 9.17) is 4.74 Å². The van der Waals surface area contributed by atoms with E-state index in [1.807, 2.05) is 6.07 Å². The van der Waals surface area contributed by atoms with Crippen LogP contribution in [0.4, 0.5) is 11.4 Å². The highest BCUT2D eigenvalue weighted by atomic mass is 16.5. The van der Waals surface area contributed by atoms with E-state index in [-0.39, 0.29) is 0 Å². The van der Waals surface area contributed by atoms with Gasteiger partial charge in [-0.1, -0.05) is 18.2 Å². The van der Waals surface area contributed by atoms with Crippen LogP contribution in [0.1, 0.15) is 16.7 Å². The number of hydrogen-bond donors (Lipinski definition) is 1. The van der Waals surface area contributed by atoms with E-state index in [9.17, 15) is 0 Å². The quantitative estimate of drug-likeness (QED) is 0.898. The minimum Gasteiger partial charge on any atom is -0.496 e. The molecule has 0 aromatic heterocycles. The summed E-state index contributed by atoms with van der Waals surface area (Å²) in [6, 6.07) is 12.7. The number of methoxy groups -OCH3 is 1. The van der Waals surface area contributed by atoms with E-state index in [2.05, 4.69) is 68.5 Å². The smallest absolute Gasteiger partial charge is 0.121 e. The molecular formula is C18H24N2O. The molecule has 0 aliphatic carbocycles. The van der Waals surface area contributed by atoms with Gasteiger partial charge >= 0.3 is 0 Å². The Balaban J connectivity index is 2.09. The van der Waals surface area contributed by atoms with Crippen molar-refractivity contribution in [3.8, 4) is 5.75 Å². The molecular weight excluding hydrogens is 260 g/mol. The average Bonchev–Trinajstić information content (AvgIpc) is 2.46. The first-order valence-corrected chi connectivity index (χ1v) is 7.16. The highest BCUT2D eigenvalue weighted by Crippen LogP contribution is 2.23. The van der Waals surface area contributed by atoms with Crippen molar-refractivity contribution in [3.05, 3.63) is 53.1 Å². The average molecular weight is 284 g/mol. The Bertz CT molecular complexity index is 621. The molecule has 2 aromatic rings. The summed E-state index contributed by atoms with van der Waals surface area (Å²) in [6.07, 6.45) is 0. The van der Waals surface area contributed by atoms with Crippen LogP contribution in [0.25, 0.3) is 0 Å². The lowest BCUT2D eigenvalue weighted by Gasteiger charge is -2.17. The van der Waals surface area contributed by atoms with Crippen molar-refractivity contribution in [2.75, 3.05) is 31.4 Å². The van der Waals surface area contributed by atoms with Crippen molar-refractivity contribution in [1.82, 2.24) is 0 Å². The van der Waals surface area contributed by atoms with Crippen LogP contribution in [0.2, 0.25) is 0 Å². The minimum absolute atomic E-state index is 0.806. The third-order valence-corrected chi connectivity index (χ3v) is 3.65. The molecule has 0 atom stereocenters. The third kappa shape index (κ3) is 3.69. The van der Waals surface area contributed by atoms with Gasteiger partial charge in [-0.25, -0.2) is 0 Å². The molecule has 2 rings (SSSR count). The van der Waals surface area contributed by atoms with Gasteiger partial charge in [0, 0.05) is 32.0 Å². The van der Waals surface area contributed by atoms with Crippen LogP contribution in [0, 0.1) is 13.8 Å². The van der Waals surface area contributed by atoms with E-state index < -0.39 is 0 Å². The van der Waals surface area contributed by atoms with Crippen molar-refractivity contribution in [2.24, 2.45) is 0 Å². The van der Waals surface area contributed by atoms with Gasteiger partial charge in [0.2, 0.25) is 0 Å². The zero-order valence-corrected chi connectivity index (χ0v) is 13.5. The molecule has 0 fully saturated rings. The van der Waals surface area contributed by atoms with Gasteiger partial charge in [-0.3, -0.25) is 0 Å². The predicted octanol–water partition coefficient (Wildman–Crippen LogP) is 3.99. The second-order valence-corrected chi connectivity index (χ2v) is 5.55. The Kier molecular flexibility index (Phi) is 4.73. The molecule has 2 aromatic carbocycles. The Morgan fingerprint density at radius 3 is 2.38 bits per heavy atom. The van der Waals surface area contributed by atoms with Gasteiger partial charge in [-0.05, 0) is 48.7 Å². The molecule has 0 aliphatic rings. The van der Waals surface area contributed by atoms with Crippen molar-refractivity contribution in [1.29, 1.82) is 0 Å². The fourth-order valence-electron chi connectivity index (χ4n) is 2.46. The number of nitrogens with one attached hydrogen (secondary N) is 1. The Labute approximate surface area is 127 Å². The third-order valence-electron chi connectivity index (χ3n) is 3.65. The summed E-state index contributed by atoms with van der Waals surface area (Å²) in [5.74, 6) is 0.934. The maximum atomic E-state index is 5.29. The fraction of sp³-hybridized carbons (Fsp3) is 0.333. The number of ether oxygens (including phenoxy) is 1. The monoisotopic (exact) mass is 284 g/mol. The molecule has 21 heavy (non-hydrogen) atoms. The largest absolute Gasteiger partial charge is 0.496 e. The van der Waals surface area contributed by atoms with Crippen molar-refractivity contribution in [2.45, 2.75) is 20.4 Å². The highest BCUT2D eigenvalue weighted by molar-refractivity contribution is 5.62. The molecule has 0 spiro atoms. The number of benzene rings is 2. The molecule has 0 aliphatic heterocycles. The number of nitrogens with zero attached hydrogens (tertiary/aromatic N) is 1. The summed E-state index contributed by atoms with van der Waals surface area (Å²) in [5.41, 5.74) is 6.07. The maximum absolute atomic E-state index is 5.29. The number of rotatable bonds is 5. The zero-order chi connectivity index (χ0) is 15.4. The van der Waals surface area contributed by atoms with Gasteiger partial charge < -0.3 is 15.0 Å². The first kappa shape index (κ1) is 15.2. The standard InChI is InChI=1S/C18H24N2O/c1-13-6-8-16(11-17(13)20(3)4)19-12-15-7-9-18(21-5)14(2)10-15/h6-11,19H,12H2,1-5H3. The minimum atomic E-state index is 0.806. The second kappa shape index (κ2) is 6.53. The van der Waals surface area contributed by atoms with E-state index in [0.717, 1.165) is 23.5 Å². The topological polar surface area (TPSA) is 24.5 Å². The van der Waals surface area contributed by atoms with Gasteiger partial charge in [0.1, 0.15) is 5.75 Å². The normalized spacial score (nSPS) is 10.3. The fourth-order valence-corrected chi connectivity index (χ4v) is 2.46. The molecule has 112 valence electrons. The first-order valence-electron chi connectivity index (χ1n) is 7.16. The lowest BCUT2D eigenvalue weighted by atomic mass is 10.1. The van der Waals surface area contributed by atoms with Crippen LogP contribution < -0.4 is 15.0 Å².